The standard InChI is InChI=1S/C38H37F5N4O4S/c1-23(52(49,50)45-37-35(42)33(40)31(19-39)34(41)36(37)43)38(48)46(21-24-8-12-27(13-9-24)26-6-4-3-5-7-26)29-14-17-32-28(18-29)20-44-47(32)22-25-10-15-30(51-2)16-11-25/h8-18,20,23,26,45H,3-7,19,21-22H2,1-2H3. The molecule has 0 radical (unpaired) electrons. The minimum Gasteiger partial charge on any atom is -0.497 e. The third-order valence-electron chi connectivity index (χ3n) is 9.64. The van der Waals surface area contributed by atoms with Crippen LogP contribution in [0.5, 0.6) is 5.75 Å². The van der Waals surface area contributed by atoms with Gasteiger partial charge in [-0.3, -0.25) is 14.2 Å². The number of carbonyl (C=O) groups is 1. The number of aromatic nitrogens is 2. The number of fused-ring (bicyclic) bond motifs is 1. The van der Waals surface area contributed by atoms with E-state index in [4.69, 9.17) is 4.74 Å². The quantitative estimate of drug-likeness (QED) is 0.102. The fraction of sp³-hybridized carbons (Fsp3) is 0.316. The van der Waals surface area contributed by atoms with Crippen LogP contribution in [0.15, 0.2) is 72.9 Å². The molecule has 1 unspecified atom stereocenters. The number of alkyl halides is 1. The normalized spacial score (nSPS) is 14.4. The fourth-order valence-electron chi connectivity index (χ4n) is 6.55. The van der Waals surface area contributed by atoms with Crippen LogP contribution in [0, 0.1) is 23.3 Å². The first-order chi connectivity index (χ1) is 24.9. The van der Waals surface area contributed by atoms with Crippen molar-refractivity contribution in [3.05, 3.63) is 118 Å². The summed E-state index contributed by atoms with van der Waals surface area (Å²) >= 11 is 0. The van der Waals surface area contributed by atoms with Gasteiger partial charge in [0.1, 0.15) is 18.1 Å². The van der Waals surface area contributed by atoms with Gasteiger partial charge in [0.15, 0.2) is 28.5 Å². The van der Waals surface area contributed by atoms with E-state index < -0.39 is 62.4 Å². The highest BCUT2D eigenvalue weighted by Gasteiger charge is 2.36. The maximum absolute atomic E-state index is 14.7. The molecule has 1 aliphatic rings. The number of nitrogens with zero attached hydrogens (tertiary/aromatic N) is 3. The largest absolute Gasteiger partial charge is 0.497 e. The second kappa shape index (κ2) is 15.3. The third-order valence-corrected chi connectivity index (χ3v) is 11.3. The van der Waals surface area contributed by atoms with E-state index in [0.29, 0.717) is 34.8 Å². The van der Waals surface area contributed by atoms with Gasteiger partial charge in [-0.25, -0.2) is 30.4 Å². The highest BCUT2D eigenvalue weighted by Crippen LogP contribution is 2.34. The van der Waals surface area contributed by atoms with Crippen LogP contribution in [0.4, 0.5) is 33.3 Å². The van der Waals surface area contributed by atoms with Crippen molar-refractivity contribution in [1.82, 2.24) is 9.78 Å². The minimum atomic E-state index is -5.03. The Labute approximate surface area is 298 Å². The summed E-state index contributed by atoms with van der Waals surface area (Å²) in [4.78, 5) is 15.4. The van der Waals surface area contributed by atoms with Gasteiger partial charge in [-0.05, 0) is 72.7 Å². The Bertz CT molecular complexity index is 2160. The van der Waals surface area contributed by atoms with Crippen LogP contribution in [0.2, 0.25) is 0 Å². The third kappa shape index (κ3) is 7.48. The highest BCUT2D eigenvalue weighted by molar-refractivity contribution is 7.94. The van der Waals surface area contributed by atoms with Crippen molar-refractivity contribution in [3.63, 3.8) is 0 Å². The summed E-state index contributed by atoms with van der Waals surface area (Å²) in [5.41, 5.74) is 0.646. The number of rotatable bonds is 12. The summed E-state index contributed by atoms with van der Waals surface area (Å²) in [5, 5.41) is 3.14. The van der Waals surface area contributed by atoms with Gasteiger partial charge < -0.3 is 9.64 Å². The maximum atomic E-state index is 14.7. The van der Waals surface area contributed by atoms with Crippen molar-refractivity contribution in [2.75, 3.05) is 16.7 Å². The molecule has 4 aromatic carbocycles. The van der Waals surface area contributed by atoms with Crippen LogP contribution in [-0.4, -0.2) is 36.5 Å². The van der Waals surface area contributed by atoms with Gasteiger partial charge in [-0.15, -0.1) is 0 Å². The van der Waals surface area contributed by atoms with Crippen molar-refractivity contribution >= 4 is 38.2 Å². The number of nitrogens with one attached hydrogen (secondary N) is 1. The lowest BCUT2D eigenvalue weighted by Crippen LogP contribution is -2.43. The van der Waals surface area contributed by atoms with Gasteiger partial charge >= 0.3 is 0 Å². The van der Waals surface area contributed by atoms with Crippen molar-refractivity contribution in [3.8, 4) is 5.75 Å². The zero-order valence-corrected chi connectivity index (χ0v) is 29.3. The summed E-state index contributed by atoms with van der Waals surface area (Å²) in [7, 11) is -3.45. The van der Waals surface area contributed by atoms with E-state index in [1.54, 1.807) is 36.2 Å². The molecule has 0 aliphatic heterocycles. The van der Waals surface area contributed by atoms with E-state index >= 15 is 0 Å². The van der Waals surface area contributed by atoms with Gasteiger partial charge in [0, 0.05) is 11.1 Å². The Hall–Kier alpha value is -4.98. The lowest BCUT2D eigenvalue weighted by Gasteiger charge is -2.27. The molecule has 1 heterocycles. The maximum Gasteiger partial charge on any atom is 0.247 e. The van der Waals surface area contributed by atoms with Crippen molar-refractivity contribution in [2.24, 2.45) is 0 Å². The molecule has 274 valence electrons. The predicted octanol–water partition coefficient (Wildman–Crippen LogP) is 8.53. The summed E-state index contributed by atoms with van der Waals surface area (Å²) in [5.74, 6) is -8.29. The van der Waals surface area contributed by atoms with E-state index in [-0.39, 0.29) is 6.54 Å². The Kier molecular flexibility index (Phi) is 10.8. The highest BCUT2D eigenvalue weighted by atomic mass is 32.2. The van der Waals surface area contributed by atoms with E-state index in [2.05, 4.69) is 5.10 Å². The first-order valence-electron chi connectivity index (χ1n) is 16.8. The summed E-state index contributed by atoms with van der Waals surface area (Å²) in [6.45, 7) is -0.515. The molecule has 52 heavy (non-hydrogen) atoms. The second-order valence-electron chi connectivity index (χ2n) is 12.9. The zero-order chi connectivity index (χ0) is 37.2. The Balaban J connectivity index is 1.32. The fourth-order valence-corrected chi connectivity index (χ4v) is 7.58. The number of ether oxygens (including phenoxy) is 1. The molecule has 1 saturated carbocycles. The number of methoxy groups -OCH3 is 1. The molecule has 14 heteroatoms. The number of amides is 1. The van der Waals surface area contributed by atoms with E-state index in [0.717, 1.165) is 43.7 Å². The first kappa shape index (κ1) is 36.8. The van der Waals surface area contributed by atoms with Crippen LogP contribution in [0.1, 0.15) is 67.2 Å². The molecule has 1 aliphatic carbocycles. The SMILES string of the molecule is COc1ccc(Cn2ncc3cc(N(Cc4ccc(C5CCCCC5)cc4)C(=O)C(C)S(=O)(=O)Nc4c(F)c(F)c(CF)c(F)c4F)ccc32)cc1. The van der Waals surface area contributed by atoms with Gasteiger partial charge in [0.25, 0.3) is 0 Å². The smallest absolute Gasteiger partial charge is 0.247 e. The molecule has 0 saturated heterocycles. The molecule has 8 nitrogen and oxygen atoms in total. The van der Waals surface area contributed by atoms with E-state index in [1.807, 2.05) is 48.5 Å². The molecule has 6 rings (SSSR count). The lowest BCUT2D eigenvalue weighted by atomic mass is 9.84. The summed E-state index contributed by atoms with van der Waals surface area (Å²) in [6.07, 6.45) is 7.30. The molecule has 0 spiro atoms. The van der Waals surface area contributed by atoms with Crippen molar-refractivity contribution in [2.45, 2.75) is 70.0 Å². The topological polar surface area (TPSA) is 93.5 Å². The second-order valence-corrected chi connectivity index (χ2v) is 14.9. The molecule has 1 atom stereocenters. The van der Waals surface area contributed by atoms with Crippen molar-refractivity contribution < 1.29 is 39.9 Å². The predicted molar refractivity (Wildman–Crippen MR) is 188 cm³/mol. The van der Waals surface area contributed by atoms with Gasteiger partial charge in [0.05, 0.1) is 37.5 Å². The van der Waals surface area contributed by atoms with Gasteiger partial charge in [0.2, 0.25) is 15.9 Å². The van der Waals surface area contributed by atoms with Crippen molar-refractivity contribution in [1.29, 1.82) is 0 Å². The van der Waals surface area contributed by atoms with Crippen LogP contribution in [-0.2, 0) is 34.6 Å². The van der Waals surface area contributed by atoms with E-state index in [9.17, 15) is 35.2 Å². The average Bonchev–Trinajstić information content (AvgIpc) is 3.56. The molecule has 1 amide bonds. The van der Waals surface area contributed by atoms with Crippen LogP contribution in [0.3, 0.4) is 0 Å². The molecule has 0 bridgehead atoms. The summed E-state index contributed by atoms with van der Waals surface area (Å²) < 4.78 is 106. The number of hydrogen-bond acceptors (Lipinski definition) is 5. The first-order valence-corrected chi connectivity index (χ1v) is 18.4. The minimum absolute atomic E-state index is 0.0771. The Morgan fingerprint density at radius 3 is 2.17 bits per heavy atom. The van der Waals surface area contributed by atoms with Crippen LogP contribution in [0.25, 0.3) is 10.9 Å². The molecular formula is C38H37F5N4O4S. The van der Waals surface area contributed by atoms with E-state index in [1.165, 1.54) is 21.6 Å². The Morgan fingerprint density at radius 2 is 1.56 bits per heavy atom. The van der Waals surface area contributed by atoms with Crippen LogP contribution >= 0.6 is 0 Å². The molecular weight excluding hydrogens is 703 g/mol. The number of carbonyl (C=O) groups excluding carboxylic acids is 1. The number of hydrogen-bond donors (Lipinski definition) is 1. The lowest BCUT2D eigenvalue weighted by molar-refractivity contribution is -0.118. The molecule has 1 N–H and O–H groups in total. The molecule has 1 fully saturated rings. The van der Waals surface area contributed by atoms with Gasteiger partial charge in [-0.1, -0.05) is 55.7 Å². The Morgan fingerprint density at radius 1 is 0.923 bits per heavy atom. The monoisotopic (exact) mass is 740 g/mol. The van der Waals surface area contributed by atoms with Crippen LogP contribution < -0.4 is 14.4 Å². The summed E-state index contributed by atoms with van der Waals surface area (Å²) in [6, 6.07) is 20.3. The zero-order valence-electron chi connectivity index (χ0n) is 28.5. The average molecular weight is 741 g/mol. The molecule has 1 aromatic heterocycles. The van der Waals surface area contributed by atoms with Gasteiger partial charge in [-0.2, -0.15) is 5.10 Å². The number of halogens is 5. The number of anilines is 2. The number of benzene rings is 4. The number of sulfonamides is 1. The molecule has 5 aromatic rings.